The van der Waals surface area contributed by atoms with Gasteiger partial charge in [0.2, 0.25) is 0 Å². The average Bonchev–Trinajstić information content (AvgIpc) is 2.33. The van der Waals surface area contributed by atoms with E-state index in [9.17, 15) is 4.39 Å². The fourth-order valence-corrected chi connectivity index (χ4v) is 3.48. The van der Waals surface area contributed by atoms with Crippen molar-refractivity contribution >= 4 is 50.7 Å². The van der Waals surface area contributed by atoms with Crippen LogP contribution in [0.5, 0.6) is 0 Å². The number of hydrogen-bond donors (Lipinski definition) is 0. The molecule has 0 fully saturated rings. The quantitative estimate of drug-likeness (QED) is 0.518. The summed E-state index contributed by atoms with van der Waals surface area (Å²) in [4.78, 5) is 0. The molecule has 0 radical (unpaired) electrons. The van der Waals surface area contributed by atoms with Gasteiger partial charge in [0.25, 0.3) is 0 Å². The van der Waals surface area contributed by atoms with Crippen molar-refractivity contribution in [3.05, 3.63) is 67.4 Å². The molecule has 1 atom stereocenters. The van der Waals surface area contributed by atoms with E-state index >= 15 is 0 Å². The van der Waals surface area contributed by atoms with E-state index in [2.05, 4.69) is 15.9 Å². The third kappa shape index (κ3) is 3.25. The van der Waals surface area contributed by atoms with Crippen LogP contribution in [0.2, 0.25) is 10.0 Å². The molecule has 0 saturated carbocycles. The zero-order valence-electron chi connectivity index (χ0n) is 9.85. The predicted molar refractivity (Wildman–Crippen MR) is 83.0 cm³/mol. The summed E-state index contributed by atoms with van der Waals surface area (Å²) in [7, 11) is 0. The molecule has 0 amide bonds. The molecule has 5 heteroatoms. The third-order valence-electron chi connectivity index (χ3n) is 2.79. The Labute approximate surface area is 134 Å². The molecule has 0 bridgehead atoms. The lowest BCUT2D eigenvalue weighted by Crippen LogP contribution is -1.98. The molecular weight excluding hydrogens is 373 g/mol. The lowest BCUT2D eigenvalue weighted by Gasteiger charge is -2.15. The van der Waals surface area contributed by atoms with Gasteiger partial charge in [0.05, 0.1) is 5.38 Å². The Hall–Kier alpha value is -0.280. The summed E-state index contributed by atoms with van der Waals surface area (Å²) in [6.07, 6.45) is 0. The van der Waals surface area contributed by atoms with Crippen molar-refractivity contribution in [2.24, 2.45) is 0 Å². The fourth-order valence-electron chi connectivity index (χ4n) is 1.75. The van der Waals surface area contributed by atoms with Gasteiger partial charge < -0.3 is 0 Å². The zero-order valence-corrected chi connectivity index (χ0v) is 13.7. The largest absolute Gasteiger partial charge is 0.207 e. The molecule has 100 valence electrons. The molecule has 0 aliphatic rings. The number of hydrogen-bond acceptors (Lipinski definition) is 0. The maximum absolute atomic E-state index is 13.4. The van der Waals surface area contributed by atoms with Crippen LogP contribution in [-0.2, 0) is 0 Å². The van der Waals surface area contributed by atoms with E-state index in [-0.39, 0.29) is 5.82 Å². The molecule has 2 aromatic carbocycles. The van der Waals surface area contributed by atoms with Crippen LogP contribution < -0.4 is 0 Å². The van der Waals surface area contributed by atoms with Gasteiger partial charge in [-0.1, -0.05) is 45.2 Å². The van der Waals surface area contributed by atoms with Crippen molar-refractivity contribution in [1.82, 2.24) is 0 Å². The smallest absolute Gasteiger partial charge is 0.127 e. The second-order valence-electron chi connectivity index (χ2n) is 4.15. The van der Waals surface area contributed by atoms with Gasteiger partial charge in [0.15, 0.2) is 0 Å². The van der Waals surface area contributed by atoms with Gasteiger partial charge in [0, 0.05) is 14.5 Å². The van der Waals surface area contributed by atoms with Crippen molar-refractivity contribution in [2.45, 2.75) is 12.3 Å². The van der Waals surface area contributed by atoms with Gasteiger partial charge >= 0.3 is 0 Å². The molecule has 0 aliphatic carbocycles. The second-order valence-corrected chi connectivity index (χ2v) is 6.29. The van der Waals surface area contributed by atoms with Gasteiger partial charge in [-0.05, 0) is 47.9 Å². The van der Waals surface area contributed by atoms with E-state index in [4.69, 9.17) is 34.8 Å². The number of halogens is 5. The molecular formula is C14H9BrCl3F. The molecule has 0 heterocycles. The van der Waals surface area contributed by atoms with E-state index < -0.39 is 5.38 Å². The topological polar surface area (TPSA) is 0 Å². The van der Waals surface area contributed by atoms with Crippen molar-refractivity contribution in [1.29, 1.82) is 0 Å². The molecule has 0 aliphatic heterocycles. The first-order chi connectivity index (χ1) is 8.90. The van der Waals surface area contributed by atoms with Gasteiger partial charge in [-0.25, -0.2) is 4.39 Å². The Morgan fingerprint density at radius 1 is 1.11 bits per heavy atom. The van der Waals surface area contributed by atoms with E-state index in [0.29, 0.717) is 21.2 Å². The number of benzene rings is 2. The summed E-state index contributed by atoms with van der Waals surface area (Å²) in [6, 6.07) is 8.28. The monoisotopic (exact) mass is 380 g/mol. The SMILES string of the molecule is Cc1cc(C(Cl)c2ccc(Cl)cc2Br)c(Cl)cc1F. The molecule has 0 spiro atoms. The molecule has 2 rings (SSSR count). The Balaban J connectivity index is 2.49. The van der Waals surface area contributed by atoms with E-state index in [1.165, 1.54) is 6.07 Å². The summed E-state index contributed by atoms with van der Waals surface area (Å²) in [5, 5.41) is 0.448. The Bertz CT molecular complexity index is 628. The van der Waals surface area contributed by atoms with Crippen LogP contribution in [-0.4, -0.2) is 0 Å². The highest BCUT2D eigenvalue weighted by Gasteiger charge is 2.18. The van der Waals surface area contributed by atoms with Crippen LogP contribution in [0.25, 0.3) is 0 Å². The molecule has 0 nitrogen and oxygen atoms in total. The first kappa shape index (κ1) is 15.1. The predicted octanol–water partition coefficient (Wildman–Crippen LogP) is 6.53. The zero-order chi connectivity index (χ0) is 14.2. The van der Waals surface area contributed by atoms with E-state index in [1.54, 1.807) is 25.1 Å². The molecule has 0 saturated heterocycles. The maximum atomic E-state index is 13.4. The van der Waals surface area contributed by atoms with E-state index in [1.807, 2.05) is 6.07 Å². The minimum Gasteiger partial charge on any atom is -0.207 e. The summed E-state index contributed by atoms with van der Waals surface area (Å²) in [6.45, 7) is 1.68. The Kier molecular flexibility index (Phi) is 4.78. The number of rotatable bonds is 2. The minimum absolute atomic E-state index is 0.310. The fraction of sp³-hybridized carbons (Fsp3) is 0.143. The normalized spacial score (nSPS) is 12.5. The Morgan fingerprint density at radius 3 is 2.42 bits per heavy atom. The van der Waals surface area contributed by atoms with E-state index in [0.717, 1.165) is 10.0 Å². The number of alkyl halides is 1. The lowest BCUT2D eigenvalue weighted by atomic mass is 10.0. The highest BCUT2D eigenvalue weighted by molar-refractivity contribution is 9.10. The van der Waals surface area contributed by atoms with Crippen LogP contribution in [0.15, 0.2) is 34.8 Å². The first-order valence-corrected chi connectivity index (χ1v) is 7.43. The molecule has 0 N–H and O–H groups in total. The molecule has 2 aromatic rings. The van der Waals surface area contributed by atoms with Gasteiger partial charge in [-0.3, -0.25) is 0 Å². The van der Waals surface area contributed by atoms with Crippen LogP contribution in [0.4, 0.5) is 4.39 Å². The lowest BCUT2D eigenvalue weighted by molar-refractivity contribution is 0.618. The third-order valence-corrected chi connectivity index (χ3v) is 4.51. The highest BCUT2D eigenvalue weighted by Crippen LogP contribution is 2.38. The first-order valence-electron chi connectivity index (χ1n) is 5.44. The molecule has 1 unspecified atom stereocenters. The van der Waals surface area contributed by atoms with Crippen molar-refractivity contribution < 1.29 is 4.39 Å². The van der Waals surface area contributed by atoms with Crippen LogP contribution >= 0.6 is 50.7 Å². The van der Waals surface area contributed by atoms with Gasteiger partial charge in [0.1, 0.15) is 5.82 Å². The number of aryl methyl sites for hydroxylation is 1. The second kappa shape index (κ2) is 6.01. The molecule has 19 heavy (non-hydrogen) atoms. The van der Waals surface area contributed by atoms with Gasteiger partial charge in [-0.15, -0.1) is 11.6 Å². The maximum Gasteiger partial charge on any atom is 0.127 e. The van der Waals surface area contributed by atoms with Crippen molar-refractivity contribution in [3.63, 3.8) is 0 Å². The standard InChI is InChI=1S/C14H9BrCl3F/c1-7-4-10(12(17)6-13(7)19)14(18)9-3-2-8(16)5-11(9)15/h2-6,14H,1H3. The van der Waals surface area contributed by atoms with Crippen LogP contribution in [0.1, 0.15) is 22.1 Å². The van der Waals surface area contributed by atoms with Crippen molar-refractivity contribution in [2.75, 3.05) is 0 Å². The summed E-state index contributed by atoms with van der Waals surface area (Å²) < 4.78 is 14.2. The summed E-state index contributed by atoms with van der Waals surface area (Å²) in [5.41, 5.74) is 2.01. The highest BCUT2D eigenvalue weighted by atomic mass is 79.9. The van der Waals surface area contributed by atoms with Gasteiger partial charge in [-0.2, -0.15) is 0 Å². The van der Waals surface area contributed by atoms with Crippen LogP contribution in [0, 0.1) is 12.7 Å². The average molecular weight is 382 g/mol. The minimum atomic E-state index is -0.474. The summed E-state index contributed by atoms with van der Waals surface area (Å²) >= 11 is 21.8. The molecule has 0 aromatic heterocycles. The summed E-state index contributed by atoms with van der Waals surface area (Å²) in [5.74, 6) is -0.340. The van der Waals surface area contributed by atoms with Crippen LogP contribution in [0.3, 0.4) is 0 Å². The Morgan fingerprint density at radius 2 is 1.79 bits per heavy atom. The van der Waals surface area contributed by atoms with Crippen molar-refractivity contribution in [3.8, 4) is 0 Å².